The molecule has 0 spiro atoms. The van der Waals surface area contributed by atoms with Crippen molar-refractivity contribution in [2.24, 2.45) is 0 Å². The Balaban J connectivity index is 2.61. The van der Waals surface area contributed by atoms with Crippen LogP contribution >= 0.6 is 0 Å². The third kappa shape index (κ3) is 3.86. The number of likely N-dealkylation sites (N-methyl/N-ethyl adjacent to an activating group) is 1. The largest absolute Gasteiger partial charge is 0.314 e. The minimum absolute atomic E-state index is 0.0969. The average molecular weight is 234 g/mol. The molecule has 1 aromatic carbocycles. The predicted molar refractivity (Wildman–Crippen MR) is 72.3 cm³/mol. The van der Waals surface area contributed by atoms with Gasteiger partial charge in [0, 0.05) is 18.8 Å². The van der Waals surface area contributed by atoms with Gasteiger partial charge in [-0.15, -0.1) is 0 Å². The number of amides is 1. The van der Waals surface area contributed by atoms with Crippen molar-refractivity contribution in [2.75, 3.05) is 18.5 Å². The van der Waals surface area contributed by atoms with Crippen LogP contribution in [0.25, 0.3) is 0 Å². The van der Waals surface area contributed by atoms with E-state index in [1.54, 1.807) is 4.90 Å². The third-order valence-electron chi connectivity index (χ3n) is 3.07. The highest BCUT2D eigenvalue weighted by Gasteiger charge is 2.12. The van der Waals surface area contributed by atoms with Gasteiger partial charge in [-0.25, -0.2) is 0 Å². The minimum Gasteiger partial charge on any atom is -0.314 e. The van der Waals surface area contributed by atoms with Crippen LogP contribution in [0, 0.1) is 6.92 Å². The topological polar surface area (TPSA) is 32.3 Å². The highest BCUT2D eigenvalue weighted by atomic mass is 16.2. The van der Waals surface area contributed by atoms with Crippen LogP contribution in [0.3, 0.4) is 0 Å². The van der Waals surface area contributed by atoms with E-state index in [-0.39, 0.29) is 5.91 Å². The fourth-order valence-electron chi connectivity index (χ4n) is 1.60. The second kappa shape index (κ2) is 6.40. The maximum Gasteiger partial charge on any atom is 0.240 e. The molecule has 1 N–H and O–H groups in total. The molecular weight excluding hydrogens is 212 g/mol. The molecule has 0 fully saturated rings. The Morgan fingerprint density at radius 1 is 1.41 bits per heavy atom. The third-order valence-corrected chi connectivity index (χ3v) is 3.07. The number of rotatable bonds is 5. The van der Waals surface area contributed by atoms with Crippen LogP contribution in [-0.4, -0.2) is 25.5 Å². The van der Waals surface area contributed by atoms with Gasteiger partial charge < -0.3 is 10.2 Å². The summed E-state index contributed by atoms with van der Waals surface area (Å²) in [5.74, 6) is 0.0969. The number of carbonyl (C=O) groups excluding carboxylic acids is 1. The summed E-state index contributed by atoms with van der Waals surface area (Å²) in [5.41, 5.74) is 2.09. The molecule has 0 aliphatic carbocycles. The maximum absolute atomic E-state index is 12.0. The summed E-state index contributed by atoms with van der Waals surface area (Å²) in [7, 11) is 1.82. The summed E-state index contributed by atoms with van der Waals surface area (Å²) in [4.78, 5) is 13.7. The first-order valence-corrected chi connectivity index (χ1v) is 6.11. The predicted octanol–water partition coefficient (Wildman–Crippen LogP) is 2.35. The fraction of sp³-hybridized carbons (Fsp3) is 0.500. The first-order valence-electron chi connectivity index (χ1n) is 6.11. The molecule has 0 saturated carbocycles. The van der Waals surface area contributed by atoms with Crippen molar-refractivity contribution in [3.8, 4) is 0 Å². The van der Waals surface area contributed by atoms with Gasteiger partial charge >= 0.3 is 0 Å². The van der Waals surface area contributed by atoms with Crippen molar-refractivity contribution in [3.05, 3.63) is 29.8 Å². The Labute approximate surface area is 104 Å². The van der Waals surface area contributed by atoms with Crippen LogP contribution < -0.4 is 10.2 Å². The van der Waals surface area contributed by atoms with Gasteiger partial charge in [-0.2, -0.15) is 0 Å². The minimum atomic E-state index is 0.0969. The lowest BCUT2D eigenvalue weighted by atomic mass is 10.2. The van der Waals surface area contributed by atoms with Crippen molar-refractivity contribution < 1.29 is 4.79 Å². The molecule has 0 heterocycles. The lowest BCUT2D eigenvalue weighted by Gasteiger charge is -2.20. The van der Waals surface area contributed by atoms with Gasteiger partial charge in [-0.1, -0.05) is 25.1 Å². The van der Waals surface area contributed by atoms with E-state index in [1.165, 1.54) is 0 Å². The normalized spacial score (nSPS) is 12.2. The van der Waals surface area contributed by atoms with Crippen molar-refractivity contribution in [3.63, 3.8) is 0 Å². The molecule has 0 bridgehead atoms. The molecule has 1 atom stereocenters. The second-order valence-corrected chi connectivity index (χ2v) is 4.43. The molecule has 0 aromatic heterocycles. The molecule has 1 unspecified atom stereocenters. The SMILES string of the molecule is CCC(C)NCC(=O)N(C)c1ccccc1C. The van der Waals surface area contributed by atoms with Crippen LogP contribution in [0.1, 0.15) is 25.8 Å². The van der Waals surface area contributed by atoms with Crippen LogP contribution in [0.4, 0.5) is 5.69 Å². The Morgan fingerprint density at radius 2 is 2.06 bits per heavy atom. The number of nitrogens with zero attached hydrogens (tertiary/aromatic N) is 1. The smallest absolute Gasteiger partial charge is 0.240 e. The van der Waals surface area contributed by atoms with Gasteiger partial charge in [0.1, 0.15) is 0 Å². The highest BCUT2D eigenvalue weighted by molar-refractivity contribution is 5.94. The number of nitrogens with one attached hydrogen (secondary N) is 1. The summed E-state index contributed by atoms with van der Waals surface area (Å²) in [6.07, 6.45) is 1.03. The number of carbonyl (C=O) groups is 1. The number of benzene rings is 1. The van der Waals surface area contributed by atoms with E-state index in [0.717, 1.165) is 17.7 Å². The molecule has 0 aliphatic rings. The average Bonchev–Trinajstić information content (AvgIpc) is 2.35. The molecule has 3 nitrogen and oxygen atoms in total. The molecule has 1 amide bonds. The Hall–Kier alpha value is -1.35. The molecular formula is C14H22N2O. The molecule has 94 valence electrons. The lowest BCUT2D eigenvalue weighted by molar-refractivity contribution is -0.117. The Bertz CT molecular complexity index is 376. The van der Waals surface area contributed by atoms with E-state index < -0.39 is 0 Å². The summed E-state index contributed by atoms with van der Waals surface area (Å²) in [6, 6.07) is 8.30. The van der Waals surface area contributed by atoms with Gasteiger partial charge in [0.25, 0.3) is 0 Å². The zero-order chi connectivity index (χ0) is 12.8. The molecule has 0 aliphatic heterocycles. The summed E-state index contributed by atoms with van der Waals surface area (Å²) >= 11 is 0. The molecule has 1 rings (SSSR count). The van der Waals surface area contributed by atoms with Crippen molar-refractivity contribution in [1.82, 2.24) is 5.32 Å². The van der Waals surface area contributed by atoms with E-state index in [2.05, 4.69) is 19.2 Å². The van der Waals surface area contributed by atoms with Crippen molar-refractivity contribution in [1.29, 1.82) is 0 Å². The Kier molecular flexibility index (Phi) is 5.16. The number of para-hydroxylation sites is 1. The monoisotopic (exact) mass is 234 g/mol. The zero-order valence-electron chi connectivity index (χ0n) is 11.2. The first kappa shape index (κ1) is 13.7. The van der Waals surface area contributed by atoms with Crippen LogP contribution in [0.5, 0.6) is 0 Å². The second-order valence-electron chi connectivity index (χ2n) is 4.43. The fourth-order valence-corrected chi connectivity index (χ4v) is 1.60. The summed E-state index contributed by atoms with van der Waals surface area (Å²) in [6.45, 7) is 6.59. The van der Waals surface area contributed by atoms with E-state index in [4.69, 9.17) is 0 Å². The van der Waals surface area contributed by atoms with Gasteiger partial charge in [0.05, 0.1) is 6.54 Å². The molecule has 17 heavy (non-hydrogen) atoms. The van der Waals surface area contributed by atoms with Crippen molar-refractivity contribution in [2.45, 2.75) is 33.2 Å². The van der Waals surface area contributed by atoms with Crippen LogP contribution in [-0.2, 0) is 4.79 Å². The van der Waals surface area contributed by atoms with Gasteiger partial charge in [-0.3, -0.25) is 4.79 Å². The molecule has 0 saturated heterocycles. The maximum atomic E-state index is 12.0. The Morgan fingerprint density at radius 3 is 2.65 bits per heavy atom. The van der Waals surface area contributed by atoms with Gasteiger partial charge in [-0.05, 0) is 31.9 Å². The van der Waals surface area contributed by atoms with Gasteiger partial charge in [0.15, 0.2) is 0 Å². The van der Waals surface area contributed by atoms with E-state index in [1.807, 2.05) is 38.2 Å². The van der Waals surface area contributed by atoms with Crippen LogP contribution in [0.15, 0.2) is 24.3 Å². The van der Waals surface area contributed by atoms with Crippen LogP contribution in [0.2, 0.25) is 0 Å². The van der Waals surface area contributed by atoms with E-state index >= 15 is 0 Å². The van der Waals surface area contributed by atoms with Gasteiger partial charge in [0.2, 0.25) is 5.91 Å². The van der Waals surface area contributed by atoms with E-state index in [0.29, 0.717) is 12.6 Å². The molecule has 0 radical (unpaired) electrons. The summed E-state index contributed by atoms with van der Waals surface area (Å²) < 4.78 is 0. The quantitative estimate of drug-likeness (QED) is 0.848. The van der Waals surface area contributed by atoms with E-state index in [9.17, 15) is 4.79 Å². The summed E-state index contributed by atoms with van der Waals surface area (Å²) in [5, 5.41) is 3.21. The number of hydrogen-bond acceptors (Lipinski definition) is 2. The lowest BCUT2D eigenvalue weighted by Crippen LogP contribution is -2.39. The standard InChI is InChI=1S/C14H22N2O/c1-5-12(3)15-10-14(17)16(4)13-9-7-6-8-11(13)2/h6-9,12,15H,5,10H2,1-4H3. The van der Waals surface area contributed by atoms with Crippen molar-refractivity contribution >= 4 is 11.6 Å². The highest BCUT2D eigenvalue weighted by Crippen LogP contribution is 2.17. The number of anilines is 1. The zero-order valence-corrected chi connectivity index (χ0v) is 11.2. The molecule has 3 heteroatoms. The number of aryl methyl sites for hydroxylation is 1. The number of hydrogen-bond donors (Lipinski definition) is 1. The molecule has 1 aromatic rings. The first-order chi connectivity index (χ1) is 8.06.